The molecule has 0 aromatic heterocycles. The minimum atomic E-state index is -0.687. The van der Waals surface area contributed by atoms with E-state index in [9.17, 15) is 14.0 Å². The molecule has 1 N–H and O–H groups in total. The molecule has 0 radical (unpaired) electrons. The van der Waals surface area contributed by atoms with Crippen LogP contribution in [0.1, 0.15) is 53.7 Å². The molecule has 1 atom stereocenters. The quantitative estimate of drug-likeness (QED) is 0.223. The highest BCUT2D eigenvalue weighted by Crippen LogP contribution is 2.49. The van der Waals surface area contributed by atoms with Crippen LogP contribution in [0.4, 0.5) is 4.39 Å². The third-order valence-corrected chi connectivity index (χ3v) is 7.54. The molecule has 39 heavy (non-hydrogen) atoms. The van der Waals surface area contributed by atoms with E-state index in [1.807, 2.05) is 38.1 Å². The molecule has 0 amide bonds. The fraction of sp³-hybridized carbons (Fsp3) is 0.226. The Hall–Kier alpha value is -3.66. The molecular formula is C31H27FINO5. The number of esters is 1. The maximum atomic E-state index is 14.2. The van der Waals surface area contributed by atoms with E-state index in [-0.39, 0.29) is 24.8 Å². The Balaban J connectivity index is 1.63. The molecule has 0 unspecified atom stereocenters. The molecular weight excluding hydrogens is 612 g/mol. The predicted octanol–water partition coefficient (Wildman–Crippen LogP) is 6.54. The normalized spacial score (nSPS) is 16.0. The van der Waals surface area contributed by atoms with Gasteiger partial charge in [0.15, 0.2) is 17.3 Å². The van der Waals surface area contributed by atoms with Gasteiger partial charge in [-0.1, -0.05) is 42.5 Å². The molecule has 1 heterocycles. The van der Waals surface area contributed by atoms with Crippen molar-refractivity contribution in [1.82, 2.24) is 5.32 Å². The number of carbonyl (C=O) groups excluding carboxylic acids is 2. The molecule has 3 aromatic rings. The van der Waals surface area contributed by atoms with Gasteiger partial charge in [0.25, 0.3) is 0 Å². The summed E-state index contributed by atoms with van der Waals surface area (Å²) in [5.74, 6) is -0.757. The predicted molar refractivity (Wildman–Crippen MR) is 154 cm³/mol. The number of rotatable bonds is 8. The monoisotopic (exact) mass is 639 g/mol. The first kappa shape index (κ1) is 26.9. The summed E-state index contributed by atoms with van der Waals surface area (Å²) in [5.41, 5.74) is 4.67. The third kappa shape index (κ3) is 4.93. The first-order valence-corrected chi connectivity index (χ1v) is 13.8. The summed E-state index contributed by atoms with van der Waals surface area (Å²) >= 11 is 2.14. The summed E-state index contributed by atoms with van der Waals surface area (Å²) in [5, 5.41) is 3.31. The van der Waals surface area contributed by atoms with Crippen molar-refractivity contribution in [3.8, 4) is 11.5 Å². The zero-order valence-corrected chi connectivity index (χ0v) is 23.9. The number of ether oxygens (including phenoxy) is 3. The molecule has 0 saturated heterocycles. The van der Waals surface area contributed by atoms with Crippen LogP contribution in [-0.2, 0) is 16.1 Å². The largest absolute Gasteiger partial charge is 0.490 e. The molecule has 0 saturated carbocycles. The summed E-state index contributed by atoms with van der Waals surface area (Å²) in [4.78, 5) is 27.0. The average molecular weight is 639 g/mol. The first-order chi connectivity index (χ1) is 18.8. The van der Waals surface area contributed by atoms with Crippen molar-refractivity contribution >= 4 is 40.0 Å². The van der Waals surface area contributed by atoms with Gasteiger partial charge in [-0.25, -0.2) is 9.18 Å². The molecule has 8 heteroatoms. The number of hydrogen-bond acceptors (Lipinski definition) is 6. The maximum absolute atomic E-state index is 14.2. The van der Waals surface area contributed by atoms with E-state index >= 15 is 0 Å². The van der Waals surface area contributed by atoms with Crippen molar-refractivity contribution in [1.29, 1.82) is 0 Å². The van der Waals surface area contributed by atoms with E-state index < -0.39 is 11.9 Å². The lowest BCUT2D eigenvalue weighted by molar-refractivity contribution is -0.138. The fourth-order valence-corrected chi connectivity index (χ4v) is 5.85. The van der Waals surface area contributed by atoms with Crippen molar-refractivity contribution in [3.05, 3.63) is 109 Å². The smallest absolute Gasteiger partial charge is 0.336 e. The van der Waals surface area contributed by atoms with Gasteiger partial charge in [-0.3, -0.25) is 4.79 Å². The summed E-state index contributed by atoms with van der Waals surface area (Å²) in [6.07, 6.45) is 0. The zero-order chi connectivity index (χ0) is 27.7. The van der Waals surface area contributed by atoms with Gasteiger partial charge in [0.05, 0.1) is 28.1 Å². The Labute approximate surface area is 240 Å². The number of fused-ring (bicyclic) bond motifs is 2. The van der Waals surface area contributed by atoms with E-state index in [4.69, 9.17) is 14.2 Å². The number of allylic oxidation sites excluding steroid dienone is 2. The van der Waals surface area contributed by atoms with Crippen LogP contribution in [0.3, 0.4) is 0 Å². The molecule has 5 rings (SSSR count). The van der Waals surface area contributed by atoms with Gasteiger partial charge in [0, 0.05) is 33.9 Å². The van der Waals surface area contributed by atoms with Crippen LogP contribution >= 0.6 is 22.6 Å². The molecule has 200 valence electrons. The van der Waals surface area contributed by atoms with Crippen molar-refractivity contribution in [2.75, 3.05) is 13.2 Å². The second-order valence-corrected chi connectivity index (χ2v) is 10.3. The standard InChI is InChI=1S/C31H27FINO5/c1-4-37-24-15-19(14-23(33)30(24)39-16-18-10-6-9-13-22(18)32)26-25(31(36)38-5-2)17(3)34-28-20-11-7-8-12-21(20)29(35)27(26)28/h6-15,26,34H,4-5,16H2,1-3H3/t26-/m0/s1. The summed E-state index contributed by atoms with van der Waals surface area (Å²) in [6, 6.07) is 17.5. The number of halogens is 2. The number of ketones is 1. The maximum Gasteiger partial charge on any atom is 0.336 e. The van der Waals surface area contributed by atoms with Gasteiger partial charge in [0.1, 0.15) is 12.4 Å². The topological polar surface area (TPSA) is 73.9 Å². The van der Waals surface area contributed by atoms with E-state index in [2.05, 4.69) is 27.9 Å². The van der Waals surface area contributed by atoms with Gasteiger partial charge >= 0.3 is 5.97 Å². The van der Waals surface area contributed by atoms with Crippen LogP contribution < -0.4 is 14.8 Å². The van der Waals surface area contributed by atoms with E-state index in [0.717, 1.165) is 5.56 Å². The third-order valence-electron chi connectivity index (χ3n) is 6.74. The fourth-order valence-electron chi connectivity index (χ4n) is 5.06. The lowest BCUT2D eigenvalue weighted by Gasteiger charge is -2.30. The van der Waals surface area contributed by atoms with Crippen LogP contribution in [-0.4, -0.2) is 25.0 Å². The van der Waals surface area contributed by atoms with Crippen LogP contribution in [0.2, 0.25) is 0 Å². The molecule has 1 aliphatic carbocycles. The molecule has 0 bridgehead atoms. The number of Topliss-reactive ketones (excluding diaryl/α,β-unsaturated/α-hetero) is 1. The SMILES string of the molecule is CCOC(=O)C1=C(C)NC2=C(C(=O)c3ccccc32)[C@H]1c1cc(I)c(OCc2ccccc2F)c(OCC)c1. The first-order valence-electron chi connectivity index (χ1n) is 12.7. The lowest BCUT2D eigenvalue weighted by atomic mass is 9.79. The minimum Gasteiger partial charge on any atom is -0.490 e. The molecule has 0 fully saturated rings. The van der Waals surface area contributed by atoms with E-state index in [1.54, 1.807) is 37.3 Å². The summed E-state index contributed by atoms with van der Waals surface area (Å²) in [6.45, 7) is 6.00. The second-order valence-electron chi connectivity index (χ2n) is 9.12. The Morgan fingerprint density at radius 3 is 2.44 bits per heavy atom. The minimum absolute atomic E-state index is 0.0195. The molecule has 0 spiro atoms. The van der Waals surface area contributed by atoms with Crippen LogP contribution in [0.25, 0.3) is 5.70 Å². The number of benzene rings is 3. The number of dihydropyridines is 1. The molecule has 1 aliphatic heterocycles. The number of hydrogen-bond donors (Lipinski definition) is 1. The molecule has 2 aliphatic rings. The van der Waals surface area contributed by atoms with Gasteiger partial charge in [0.2, 0.25) is 0 Å². The van der Waals surface area contributed by atoms with Crippen LogP contribution in [0.15, 0.2) is 77.5 Å². The lowest BCUT2D eigenvalue weighted by Crippen LogP contribution is -2.29. The molecule has 6 nitrogen and oxygen atoms in total. The average Bonchev–Trinajstić information content (AvgIpc) is 3.20. The highest BCUT2D eigenvalue weighted by Gasteiger charge is 2.43. The van der Waals surface area contributed by atoms with Crippen LogP contribution in [0.5, 0.6) is 11.5 Å². The van der Waals surface area contributed by atoms with Gasteiger partial charge in [-0.2, -0.15) is 0 Å². The Bertz CT molecular complexity index is 1540. The van der Waals surface area contributed by atoms with E-state index in [0.29, 0.717) is 60.9 Å². The Kier molecular flexibility index (Phi) is 7.74. The van der Waals surface area contributed by atoms with Crippen molar-refractivity contribution < 1.29 is 28.2 Å². The van der Waals surface area contributed by atoms with Gasteiger partial charge in [-0.05, 0) is 67.1 Å². The van der Waals surface area contributed by atoms with Crippen LogP contribution in [0, 0.1) is 9.39 Å². The van der Waals surface area contributed by atoms with Crippen molar-refractivity contribution in [2.45, 2.75) is 33.3 Å². The number of nitrogens with one attached hydrogen (secondary N) is 1. The Morgan fingerprint density at radius 2 is 1.72 bits per heavy atom. The Morgan fingerprint density at radius 1 is 1.00 bits per heavy atom. The van der Waals surface area contributed by atoms with E-state index in [1.165, 1.54) is 6.07 Å². The van der Waals surface area contributed by atoms with Gasteiger partial charge in [-0.15, -0.1) is 0 Å². The van der Waals surface area contributed by atoms with Gasteiger partial charge < -0.3 is 19.5 Å². The molecule has 3 aromatic carbocycles. The summed E-state index contributed by atoms with van der Waals surface area (Å²) in [7, 11) is 0. The second kappa shape index (κ2) is 11.2. The highest BCUT2D eigenvalue weighted by molar-refractivity contribution is 14.1. The highest BCUT2D eigenvalue weighted by atomic mass is 127. The van der Waals surface area contributed by atoms with Crippen molar-refractivity contribution in [2.24, 2.45) is 0 Å². The van der Waals surface area contributed by atoms with Crippen molar-refractivity contribution in [3.63, 3.8) is 0 Å². The summed E-state index contributed by atoms with van der Waals surface area (Å²) < 4.78 is 32.4. The zero-order valence-electron chi connectivity index (χ0n) is 21.8. The number of carbonyl (C=O) groups is 2.